The van der Waals surface area contributed by atoms with Crippen LogP contribution in [-0.2, 0) is 6.42 Å². The van der Waals surface area contributed by atoms with Crippen molar-refractivity contribution in [1.29, 1.82) is 0 Å². The highest BCUT2D eigenvalue weighted by Crippen LogP contribution is 2.36. The predicted molar refractivity (Wildman–Crippen MR) is 77.2 cm³/mol. The first-order valence-electron chi connectivity index (χ1n) is 7.02. The van der Waals surface area contributed by atoms with Crippen molar-refractivity contribution in [3.8, 4) is 0 Å². The molecule has 18 heavy (non-hydrogen) atoms. The zero-order valence-corrected chi connectivity index (χ0v) is 12.0. The lowest BCUT2D eigenvalue weighted by molar-refractivity contribution is 0.0710. The highest BCUT2D eigenvalue weighted by molar-refractivity contribution is 5.61. The zero-order chi connectivity index (χ0) is 13.3. The van der Waals surface area contributed by atoms with E-state index in [4.69, 9.17) is 0 Å². The summed E-state index contributed by atoms with van der Waals surface area (Å²) in [5.41, 5.74) is 3.87. The van der Waals surface area contributed by atoms with Gasteiger partial charge in [0, 0.05) is 12.2 Å². The summed E-state index contributed by atoms with van der Waals surface area (Å²) in [4.78, 5) is 2.41. The summed E-state index contributed by atoms with van der Waals surface area (Å²) in [6.07, 6.45) is 2.79. The van der Waals surface area contributed by atoms with Gasteiger partial charge < -0.3 is 10.0 Å². The lowest BCUT2D eigenvalue weighted by Gasteiger charge is -2.48. The molecule has 0 aliphatic carbocycles. The van der Waals surface area contributed by atoms with Gasteiger partial charge in [0.2, 0.25) is 0 Å². The van der Waals surface area contributed by atoms with Crippen LogP contribution in [0.1, 0.15) is 44.7 Å². The van der Waals surface area contributed by atoms with Crippen LogP contribution in [0.5, 0.6) is 0 Å². The molecule has 0 aromatic heterocycles. The Morgan fingerprint density at radius 1 is 1.39 bits per heavy atom. The van der Waals surface area contributed by atoms with Crippen molar-refractivity contribution in [3.05, 3.63) is 29.3 Å². The largest absolute Gasteiger partial charge is 0.391 e. The standard InChI is InChI=1S/C16H25NO/c1-5-13-9-6-8-12(2)15(13)17-11-7-10-14(18)16(17,3)4/h6,8-9,14,18H,5,7,10-11H2,1-4H3. The molecule has 2 heteroatoms. The first-order valence-corrected chi connectivity index (χ1v) is 7.02. The van der Waals surface area contributed by atoms with E-state index >= 15 is 0 Å². The molecule has 1 heterocycles. The minimum absolute atomic E-state index is 0.172. The molecule has 0 bridgehead atoms. The van der Waals surface area contributed by atoms with Gasteiger partial charge in [-0.15, -0.1) is 0 Å². The second-order valence-electron chi connectivity index (χ2n) is 5.90. The van der Waals surface area contributed by atoms with Gasteiger partial charge in [-0.25, -0.2) is 0 Å². The number of para-hydroxylation sites is 1. The van der Waals surface area contributed by atoms with Crippen molar-refractivity contribution >= 4 is 5.69 Å². The maximum absolute atomic E-state index is 10.3. The van der Waals surface area contributed by atoms with Crippen molar-refractivity contribution in [1.82, 2.24) is 0 Å². The first-order chi connectivity index (χ1) is 8.48. The number of hydrogen-bond donors (Lipinski definition) is 1. The number of aryl methyl sites for hydroxylation is 2. The molecule has 1 aromatic carbocycles. The van der Waals surface area contributed by atoms with E-state index in [2.05, 4.69) is 50.8 Å². The molecule has 0 radical (unpaired) electrons. The van der Waals surface area contributed by atoms with E-state index in [-0.39, 0.29) is 11.6 Å². The summed E-state index contributed by atoms with van der Waals surface area (Å²) in [6, 6.07) is 6.51. The van der Waals surface area contributed by atoms with Gasteiger partial charge in [0.25, 0.3) is 0 Å². The minimum Gasteiger partial charge on any atom is -0.391 e. The van der Waals surface area contributed by atoms with Crippen LogP contribution in [-0.4, -0.2) is 23.3 Å². The molecule has 1 atom stereocenters. The normalized spacial score (nSPS) is 23.2. The number of anilines is 1. The smallest absolute Gasteiger partial charge is 0.0767 e. The Labute approximate surface area is 111 Å². The maximum atomic E-state index is 10.3. The van der Waals surface area contributed by atoms with Crippen LogP contribution >= 0.6 is 0 Å². The Morgan fingerprint density at radius 3 is 2.78 bits per heavy atom. The molecule has 2 rings (SSSR count). The highest BCUT2D eigenvalue weighted by Gasteiger charge is 2.38. The van der Waals surface area contributed by atoms with Crippen LogP contribution in [0.3, 0.4) is 0 Å². The van der Waals surface area contributed by atoms with E-state index in [9.17, 15) is 5.11 Å². The zero-order valence-electron chi connectivity index (χ0n) is 12.0. The molecule has 1 unspecified atom stereocenters. The lowest BCUT2D eigenvalue weighted by atomic mass is 9.85. The third kappa shape index (κ3) is 2.14. The monoisotopic (exact) mass is 247 g/mol. The van der Waals surface area contributed by atoms with E-state index in [1.165, 1.54) is 16.8 Å². The van der Waals surface area contributed by atoms with Gasteiger partial charge in [0.15, 0.2) is 0 Å². The summed E-state index contributed by atoms with van der Waals surface area (Å²) < 4.78 is 0. The van der Waals surface area contributed by atoms with Crippen molar-refractivity contribution in [2.24, 2.45) is 0 Å². The maximum Gasteiger partial charge on any atom is 0.0767 e. The van der Waals surface area contributed by atoms with Gasteiger partial charge in [-0.1, -0.05) is 25.1 Å². The highest BCUT2D eigenvalue weighted by atomic mass is 16.3. The van der Waals surface area contributed by atoms with Crippen LogP contribution < -0.4 is 4.90 Å². The number of hydrogen-bond acceptors (Lipinski definition) is 2. The Bertz CT molecular complexity index is 425. The molecule has 0 amide bonds. The first kappa shape index (κ1) is 13.4. The molecule has 0 spiro atoms. The van der Waals surface area contributed by atoms with Crippen LogP contribution in [0.15, 0.2) is 18.2 Å². The predicted octanol–water partition coefficient (Wildman–Crippen LogP) is 3.30. The molecule has 1 fully saturated rings. The number of rotatable bonds is 2. The SMILES string of the molecule is CCc1cccc(C)c1N1CCCC(O)C1(C)C. The summed E-state index contributed by atoms with van der Waals surface area (Å²) in [5, 5.41) is 10.3. The van der Waals surface area contributed by atoms with Crippen molar-refractivity contribution in [3.63, 3.8) is 0 Å². The van der Waals surface area contributed by atoms with Gasteiger partial charge in [-0.2, -0.15) is 0 Å². The van der Waals surface area contributed by atoms with Crippen molar-refractivity contribution in [2.75, 3.05) is 11.4 Å². The Morgan fingerprint density at radius 2 is 2.11 bits per heavy atom. The third-order valence-electron chi connectivity index (χ3n) is 4.34. The van der Waals surface area contributed by atoms with Gasteiger partial charge in [-0.05, 0) is 51.2 Å². The molecule has 1 saturated heterocycles. The van der Waals surface area contributed by atoms with E-state index in [1.54, 1.807) is 0 Å². The number of aliphatic hydroxyl groups is 1. The number of benzene rings is 1. The van der Waals surface area contributed by atoms with Gasteiger partial charge in [0.05, 0.1) is 11.6 Å². The fourth-order valence-corrected chi connectivity index (χ4v) is 3.06. The van der Waals surface area contributed by atoms with Crippen LogP contribution in [0.4, 0.5) is 5.69 Å². The van der Waals surface area contributed by atoms with Crippen LogP contribution in [0.25, 0.3) is 0 Å². The molecular weight excluding hydrogens is 222 g/mol. The molecule has 100 valence electrons. The lowest BCUT2D eigenvalue weighted by Crippen LogP contribution is -2.56. The molecule has 0 saturated carbocycles. The molecule has 1 aliphatic rings. The minimum atomic E-state index is -0.240. The van der Waals surface area contributed by atoms with E-state index in [0.29, 0.717) is 0 Å². The number of nitrogens with zero attached hydrogens (tertiary/aromatic N) is 1. The van der Waals surface area contributed by atoms with Gasteiger partial charge >= 0.3 is 0 Å². The van der Waals surface area contributed by atoms with Gasteiger partial charge in [-0.3, -0.25) is 0 Å². The van der Waals surface area contributed by atoms with Crippen LogP contribution in [0, 0.1) is 6.92 Å². The quantitative estimate of drug-likeness (QED) is 0.867. The number of piperidine rings is 1. The number of aliphatic hydroxyl groups excluding tert-OH is 1. The summed E-state index contributed by atoms with van der Waals surface area (Å²) >= 11 is 0. The molecule has 1 aromatic rings. The topological polar surface area (TPSA) is 23.5 Å². The van der Waals surface area contributed by atoms with E-state index in [0.717, 1.165) is 25.8 Å². The Hall–Kier alpha value is -1.02. The fourth-order valence-electron chi connectivity index (χ4n) is 3.06. The molecular formula is C16H25NO. The fraction of sp³-hybridized carbons (Fsp3) is 0.625. The van der Waals surface area contributed by atoms with Crippen molar-refractivity contribution in [2.45, 2.75) is 58.6 Å². The summed E-state index contributed by atoms with van der Waals surface area (Å²) in [5.74, 6) is 0. The molecule has 2 nitrogen and oxygen atoms in total. The Balaban J connectivity index is 2.47. The second-order valence-corrected chi connectivity index (χ2v) is 5.90. The van der Waals surface area contributed by atoms with E-state index in [1.807, 2.05) is 0 Å². The average Bonchev–Trinajstić information content (AvgIpc) is 2.33. The summed E-state index contributed by atoms with van der Waals surface area (Å²) in [7, 11) is 0. The Kier molecular flexibility index (Phi) is 3.67. The molecule has 1 N–H and O–H groups in total. The molecule has 1 aliphatic heterocycles. The van der Waals surface area contributed by atoms with Crippen molar-refractivity contribution < 1.29 is 5.11 Å². The van der Waals surface area contributed by atoms with E-state index < -0.39 is 0 Å². The van der Waals surface area contributed by atoms with Gasteiger partial charge in [0.1, 0.15) is 0 Å². The summed E-state index contributed by atoms with van der Waals surface area (Å²) in [6.45, 7) is 9.73. The second kappa shape index (κ2) is 4.93. The average molecular weight is 247 g/mol. The third-order valence-corrected chi connectivity index (χ3v) is 4.34. The van der Waals surface area contributed by atoms with Crippen LogP contribution in [0.2, 0.25) is 0 Å².